The van der Waals surface area contributed by atoms with Crippen LogP contribution in [-0.2, 0) is 10.1 Å². The molecule has 7 nitrogen and oxygen atoms in total. The number of carbonyl (C=O) groups is 2. The van der Waals surface area contributed by atoms with Gasteiger partial charge in [0.15, 0.2) is 11.6 Å². The summed E-state index contributed by atoms with van der Waals surface area (Å²) in [5.41, 5.74) is 3.88. The van der Waals surface area contributed by atoms with Crippen LogP contribution in [0.2, 0.25) is 0 Å². The van der Waals surface area contributed by atoms with E-state index in [0.717, 1.165) is 18.5 Å². The molecule has 2 heterocycles. The molecule has 0 radical (unpaired) electrons. The molecule has 2 aromatic carbocycles. The maximum atomic E-state index is 14.3. The Morgan fingerprint density at radius 3 is 2.05 bits per heavy atom. The summed E-state index contributed by atoms with van der Waals surface area (Å²) in [6, 6.07) is 13.1. The number of ketones is 2. The number of rotatable bonds is 6. The number of aromatic nitrogens is 1. The van der Waals surface area contributed by atoms with E-state index in [1.54, 1.807) is 6.07 Å². The zero-order chi connectivity index (χ0) is 29.9. The molecule has 2 N–H and O–H groups in total. The number of benzene rings is 2. The number of carbonyl (C=O) groups excluding carboxylic acids is 2. The molecule has 1 atom stereocenters. The zero-order valence-electron chi connectivity index (χ0n) is 24.8. The van der Waals surface area contributed by atoms with E-state index in [1.165, 1.54) is 87.5 Å². The molecular formula is C35H40NO6P. The van der Waals surface area contributed by atoms with Crippen LogP contribution in [0.4, 0.5) is 0 Å². The van der Waals surface area contributed by atoms with Gasteiger partial charge in [-0.1, -0.05) is 108 Å². The highest BCUT2D eigenvalue weighted by Gasteiger charge is 2.49. The molecule has 2 fully saturated rings. The van der Waals surface area contributed by atoms with Gasteiger partial charge in [-0.25, -0.2) is 4.57 Å². The zero-order valence-corrected chi connectivity index (χ0v) is 25.7. The Kier molecular flexibility index (Phi) is 7.27. The van der Waals surface area contributed by atoms with E-state index >= 15 is 0 Å². The van der Waals surface area contributed by atoms with Crippen LogP contribution in [-0.4, -0.2) is 25.9 Å². The highest BCUT2D eigenvalue weighted by Crippen LogP contribution is 2.54. The van der Waals surface area contributed by atoms with Crippen molar-refractivity contribution >= 4 is 19.4 Å². The predicted octanol–water partition coefficient (Wildman–Crippen LogP) is 7.88. The number of hydrogen-bond donors (Lipinski definition) is 2. The van der Waals surface area contributed by atoms with E-state index in [-0.39, 0.29) is 34.1 Å². The maximum absolute atomic E-state index is 14.3. The average Bonchev–Trinajstić information content (AvgIpc) is 3.41. The first-order valence-electron chi connectivity index (χ1n) is 16.0. The Morgan fingerprint density at radius 1 is 0.814 bits per heavy atom. The molecule has 1 aliphatic heterocycles. The van der Waals surface area contributed by atoms with Crippen molar-refractivity contribution in [2.45, 2.75) is 95.4 Å². The van der Waals surface area contributed by atoms with Crippen molar-refractivity contribution in [2.24, 2.45) is 11.8 Å². The van der Waals surface area contributed by atoms with Crippen molar-refractivity contribution in [1.29, 1.82) is 0 Å². The van der Waals surface area contributed by atoms with Crippen molar-refractivity contribution in [1.82, 2.24) is 4.57 Å². The first-order valence-corrected chi connectivity index (χ1v) is 17.5. The van der Waals surface area contributed by atoms with Crippen LogP contribution in [0.15, 0.2) is 48.7 Å². The molecule has 2 saturated carbocycles. The van der Waals surface area contributed by atoms with Crippen LogP contribution >= 0.6 is 7.82 Å². The van der Waals surface area contributed by atoms with Gasteiger partial charge < -0.3 is 9.09 Å². The van der Waals surface area contributed by atoms with Gasteiger partial charge in [0, 0.05) is 23.4 Å². The van der Waals surface area contributed by atoms with Crippen molar-refractivity contribution in [3.05, 3.63) is 87.7 Å². The Labute approximate surface area is 252 Å². The monoisotopic (exact) mass is 601 g/mol. The van der Waals surface area contributed by atoms with E-state index in [9.17, 15) is 23.9 Å². The molecule has 43 heavy (non-hydrogen) atoms. The van der Waals surface area contributed by atoms with Gasteiger partial charge in [-0.05, 0) is 41.9 Å². The molecule has 3 aromatic rings. The highest BCUT2D eigenvalue weighted by atomic mass is 31.2. The summed E-state index contributed by atoms with van der Waals surface area (Å²) in [5.74, 6) is 0.0709. The fourth-order valence-corrected chi connectivity index (χ4v) is 9.36. The van der Waals surface area contributed by atoms with Crippen molar-refractivity contribution in [3.8, 4) is 5.75 Å². The van der Waals surface area contributed by atoms with Gasteiger partial charge in [-0.2, -0.15) is 0 Å². The summed E-state index contributed by atoms with van der Waals surface area (Å²) in [5, 5.41) is 0. The predicted molar refractivity (Wildman–Crippen MR) is 164 cm³/mol. The van der Waals surface area contributed by atoms with Gasteiger partial charge in [0.1, 0.15) is 5.75 Å². The number of hydrogen-bond acceptors (Lipinski definition) is 4. The molecule has 1 unspecified atom stereocenters. The lowest BCUT2D eigenvalue weighted by Crippen LogP contribution is -2.44. The standard InChI is InChI=1S/C35H40NO6P/c1-22-25-15-8-9-17-28(25)35(19-23-11-4-2-5-12-23,20-24-13-6-3-7-14-24)36-21-27-31(32(22)36)33(37)26-16-10-18-29(30(26)34(27)38)42-43(39,40)41/h8-10,15-18,21-24H,2-7,11-14,19-20H2,1H3,(H2,39,40,41). The fraction of sp³-hybridized carbons (Fsp3) is 0.486. The third kappa shape index (κ3) is 4.85. The van der Waals surface area contributed by atoms with Crippen molar-refractivity contribution in [2.75, 3.05) is 0 Å². The SMILES string of the molecule is CC1c2ccccc2C(CC2CCCCC2)(CC2CCCCC2)n2cc3c(c21)C(=O)c1cccc(OP(=O)(O)O)c1C3=O. The van der Waals surface area contributed by atoms with Gasteiger partial charge in [0.25, 0.3) is 0 Å². The molecule has 0 spiro atoms. The second-order valence-electron chi connectivity index (χ2n) is 13.3. The second kappa shape index (κ2) is 10.9. The lowest BCUT2D eigenvalue weighted by atomic mass is 9.66. The van der Waals surface area contributed by atoms with E-state index < -0.39 is 13.6 Å². The van der Waals surface area contributed by atoms with Gasteiger partial charge >= 0.3 is 7.82 Å². The average molecular weight is 602 g/mol. The molecule has 0 saturated heterocycles. The minimum atomic E-state index is -4.95. The minimum absolute atomic E-state index is 0.0680. The minimum Gasteiger partial charge on any atom is -0.403 e. The highest BCUT2D eigenvalue weighted by molar-refractivity contribution is 7.46. The smallest absolute Gasteiger partial charge is 0.403 e. The normalized spacial score (nSPS) is 22.0. The summed E-state index contributed by atoms with van der Waals surface area (Å²) in [6.07, 6.45) is 16.2. The Bertz CT molecular complexity index is 1620. The number of phosphoric ester groups is 1. The molecular weight excluding hydrogens is 561 g/mol. The largest absolute Gasteiger partial charge is 0.524 e. The number of fused-ring (bicyclic) bond motifs is 5. The summed E-state index contributed by atoms with van der Waals surface area (Å²) in [4.78, 5) is 47.7. The third-order valence-electron chi connectivity index (χ3n) is 10.7. The van der Waals surface area contributed by atoms with E-state index in [1.807, 2.05) is 6.20 Å². The first-order chi connectivity index (χ1) is 20.7. The van der Waals surface area contributed by atoms with Crippen LogP contribution < -0.4 is 4.52 Å². The summed E-state index contributed by atoms with van der Waals surface area (Å²) in [7, 11) is -4.95. The molecule has 226 valence electrons. The fourth-order valence-electron chi connectivity index (χ4n) is 8.95. The number of nitrogens with zero attached hydrogens (tertiary/aromatic N) is 1. The molecule has 0 amide bonds. The van der Waals surface area contributed by atoms with Gasteiger partial charge in [-0.3, -0.25) is 19.4 Å². The molecule has 4 aliphatic rings. The second-order valence-corrected chi connectivity index (χ2v) is 14.5. The van der Waals surface area contributed by atoms with Crippen LogP contribution in [0.3, 0.4) is 0 Å². The van der Waals surface area contributed by atoms with Crippen LogP contribution in [0.5, 0.6) is 5.75 Å². The van der Waals surface area contributed by atoms with Crippen LogP contribution in [0.1, 0.15) is 139 Å². The first kappa shape index (κ1) is 28.8. The topological polar surface area (TPSA) is 106 Å². The lowest BCUT2D eigenvalue weighted by Gasteiger charge is -2.48. The van der Waals surface area contributed by atoms with E-state index in [0.29, 0.717) is 23.0 Å². The lowest BCUT2D eigenvalue weighted by molar-refractivity contribution is 0.0977. The Morgan fingerprint density at radius 2 is 1.42 bits per heavy atom. The Balaban J connectivity index is 1.45. The molecule has 3 aliphatic carbocycles. The van der Waals surface area contributed by atoms with E-state index in [4.69, 9.17) is 4.52 Å². The molecule has 8 heteroatoms. The maximum Gasteiger partial charge on any atom is 0.524 e. The van der Waals surface area contributed by atoms with Gasteiger partial charge in [-0.15, -0.1) is 0 Å². The third-order valence-corrected chi connectivity index (χ3v) is 11.2. The molecule has 1 aromatic heterocycles. The molecule has 7 rings (SSSR count). The van der Waals surface area contributed by atoms with Crippen molar-refractivity contribution < 1.29 is 28.5 Å². The summed E-state index contributed by atoms with van der Waals surface area (Å²) >= 11 is 0. The number of phosphoric acid groups is 1. The van der Waals surface area contributed by atoms with Gasteiger partial charge in [0.05, 0.1) is 22.2 Å². The quantitative estimate of drug-likeness (QED) is 0.218. The molecule has 0 bridgehead atoms. The van der Waals surface area contributed by atoms with Gasteiger partial charge in [0.2, 0.25) is 0 Å². The van der Waals surface area contributed by atoms with Crippen LogP contribution in [0.25, 0.3) is 0 Å². The summed E-state index contributed by atoms with van der Waals surface area (Å²) in [6.45, 7) is 2.14. The van der Waals surface area contributed by atoms with Crippen LogP contribution in [0, 0.1) is 11.8 Å². The summed E-state index contributed by atoms with van der Waals surface area (Å²) < 4.78 is 19.1. The van der Waals surface area contributed by atoms with E-state index in [2.05, 4.69) is 35.8 Å². The van der Waals surface area contributed by atoms with Crippen molar-refractivity contribution in [3.63, 3.8) is 0 Å². The Hall–Kier alpha value is -2.99.